The number of rotatable bonds is 4. The van der Waals surface area contributed by atoms with Gasteiger partial charge in [-0.1, -0.05) is 42.5 Å². The van der Waals surface area contributed by atoms with Crippen LogP contribution in [0.2, 0.25) is 0 Å². The highest BCUT2D eigenvalue weighted by molar-refractivity contribution is 6.02. The van der Waals surface area contributed by atoms with Crippen LogP contribution in [0.15, 0.2) is 54.6 Å². The van der Waals surface area contributed by atoms with E-state index < -0.39 is 24.0 Å². The number of hydrogen-bond acceptors (Lipinski definition) is 3. The van der Waals surface area contributed by atoms with Gasteiger partial charge in [-0.15, -0.1) is 13.2 Å². The van der Waals surface area contributed by atoms with Gasteiger partial charge < -0.3 is 9.84 Å². The summed E-state index contributed by atoms with van der Waals surface area (Å²) in [6.07, 6.45) is -6.46. The smallest absolute Gasteiger partial charge is 0.405 e. The Morgan fingerprint density at radius 3 is 2.19 bits per heavy atom. The molecular formula is C15H11F3O3. The van der Waals surface area contributed by atoms with Gasteiger partial charge in [-0.25, -0.2) is 0 Å². The Morgan fingerprint density at radius 1 is 1.00 bits per heavy atom. The lowest BCUT2D eigenvalue weighted by Crippen LogP contribution is -2.20. The normalized spacial score (nSPS) is 12.8. The maximum absolute atomic E-state index is 12.3. The van der Waals surface area contributed by atoms with Gasteiger partial charge in [-0.3, -0.25) is 4.79 Å². The van der Waals surface area contributed by atoms with Crippen molar-refractivity contribution in [3.63, 3.8) is 0 Å². The van der Waals surface area contributed by atoms with Crippen molar-refractivity contribution < 1.29 is 27.8 Å². The van der Waals surface area contributed by atoms with Gasteiger partial charge in [0.1, 0.15) is 11.9 Å². The van der Waals surface area contributed by atoms with Crippen molar-refractivity contribution in [3.05, 3.63) is 65.7 Å². The molecule has 1 atom stereocenters. The maximum Gasteiger partial charge on any atom is 0.573 e. The summed E-state index contributed by atoms with van der Waals surface area (Å²) >= 11 is 0. The van der Waals surface area contributed by atoms with Gasteiger partial charge in [0.2, 0.25) is 0 Å². The fourth-order valence-electron chi connectivity index (χ4n) is 1.82. The summed E-state index contributed by atoms with van der Waals surface area (Å²) in [6, 6.07) is 12.9. The zero-order chi connectivity index (χ0) is 15.5. The number of para-hydroxylation sites is 1. The minimum atomic E-state index is -4.91. The average Bonchev–Trinajstić information content (AvgIpc) is 2.45. The number of ketones is 1. The van der Waals surface area contributed by atoms with E-state index in [1.165, 1.54) is 30.3 Å². The Kier molecular flexibility index (Phi) is 4.28. The quantitative estimate of drug-likeness (QED) is 0.878. The third kappa shape index (κ3) is 3.82. The van der Waals surface area contributed by atoms with Gasteiger partial charge in [-0.2, -0.15) is 0 Å². The first-order valence-electron chi connectivity index (χ1n) is 6.00. The fraction of sp³-hybridized carbons (Fsp3) is 0.133. The molecule has 0 heterocycles. The Labute approximate surface area is 118 Å². The lowest BCUT2D eigenvalue weighted by atomic mass is 9.99. The average molecular weight is 296 g/mol. The van der Waals surface area contributed by atoms with Crippen LogP contribution in [-0.4, -0.2) is 17.3 Å². The molecule has 2 aromatic carbocycles. The second-order valence-corrected chi connectivity index (χ2v) is 4.22. The minimum absolute atomic E-state index is 0.296. The first-order valence-corrected chi connectivity index (χ1v) is 6.00. The molecule has 2 rings (SSSR count). The summed E-state index contributed by atoms with van der Waals surface area (Å²) in [7, 11) is 0. The lowest BCUT2D eigenvalue weighted by molar-refractivity contribution is -0.274. The fourth-order valence-corrected chi connectivity index (χ4v) is 1.82. The highest BCUT2D eigenvalue weighted by atomic mass is 19.4. The molecule has 0 radical (unpaired) electrons. The molecule has 0 bridgehead atoms. The van der Waals surface area contributed by atoms with E-state index >= 15 is 0 Å². The Balaban J connectivity index is 2.31. The second-order valence-electron chi connectivity index (χ2n) is 4.22. The summed E-state index contributed by atoms with van der Waals surface area (Å²) in [5.41, 5.74) is -0.0320. The van der Waals surface area contributed by atoms with Crippen LogP contribution in [0.4, 0.5) is 13.2 Å². The summed E-state index contributed by atoms with van der Waals surface area (Å²) in [5, 5.41) is 9.98. The molecule has 1 unspecified atom stereocenters. The number of ether oxygens (including phenoxy) is 1. The van der Waals surface area contributed by atoms with Gasteiger partial charge in [-0.05, 0) is 17.7 Å². The number of benzene rings is 2. The predicted molar refractivity (Wildman–Crippen MR) is 68.9 cm³/mol. The molecule has 0 fully saturated rings. The molecule has 0 aliphatic rings. The molecule has 0 saturated carbocycles. The monoisotopic (exact) mass is 296 g/mol. The van der Waals surface area contributed by atoms with Gasteiger partial charge in [0, 0.05) is 0 Å². The topological polar surface area (TPSA) is 46.5 Å². The molecule has 0 aromatic heterocycles. The van der Waals surface area contributed by atoms with E-state index in [9.17, 15) is 23.1 Å². The van der Waals surface area contributed by atoms with Gasteiger partial charge in [0.15, 0.2) is 5.78 Å². The predicted octanol–water partition coefficient (Wildman–Crippen LogP) is 3.50. The van der Waals surface area contributed by atoms with Gasteiger partial charge >= 0.3 is 6.36 Å². The Hall–Kier alpha value is -2.34. The molecule has 21 heavy (non-hydrogen) atoms. The van der Waals surface area contributed by atoms with E-state index in [-0.39, 0.29) is 5.56 Å². The number of alkyl halides is 3. The number of aliphatic hydroxyl groups is 1. The molecular weight excluding hydrogens is 285 g/mol. The van der Waals surface area contributed by atoms with Crippen LogP contribution in [0.25, 0.3) is 0 Å². The van der Waals surface area contributed by atoms with Crippen LogP contribution in [0.3, 0.4) is 0 Å². The SMILES string of the molecule is O=C(c1ccccc1OC(F)(F)F)C(O)c1ccccc1. The molecule has 0 aliphatic heterocycles. The summed E-state index contributed by atoms with van der Waals surface area (Å²) in [6.45, 7) is 0. The minimum Gasteiger partial charge on any atom is -0.405 e. The number of halogens is 3. The van der Waals surface area contributed by atoms with E-state index in [1.807, 2.05) is 0 Å². The third-order valence-corrected chi connectivity index (χ3v) is 2.74. The molecule has 1 N–H and O–H groups in total. The highest BCUT2D eigenvalue weighted by Gasteiger charge is 2.33. The van der Waals surface area contributed by atoms with Crippen molar-refractivity contribution in [1.82, 2.24) is 0 Å². The zero-order valence-electron chi connectivity index (χ0n) is 10.7. The molecule has 6 heteroatoms. The Morgan fingerprint density at radius 2 is 1.57 bits per heavy atom. The van der Waals surface area contributed by atoms with Crippen molar-refractivity contribution >= 4 is 5.78 Å². The van der Waals surface area contributed by atoms with E-state index in [1.54, 1.807) is 18.2 Å². The standard InChI is InChI=1S/C15H11F3O3/c16-15(17,18)21-12-9-5-4-8-11(12)14(20)13(19)10-6-2-1-3-7-10/h1-9,13,19H. The second kappa shape index (κ2) is 5.97. The van der Waals surface area contributed by atoms with E-state index in [4.69, 9.17) is 0 Å². The number of hydrogen-bond donors (Lipinski definition) is 1. The molecule has 2 aromatic rings. The van der Waals surface area contributed by atoms with Gasteiger partial charge in [0.05, 0.1) is 5.56 Å². The first kappa shape index (κ1) is 15.1. The first-order chi connectivity index (χ1) is 9.88. The van der Waals surface area contributed by atoms with E-state index in [0.717, 1.165) is 6.07 Å². The summed E-state index contributed by atoms with van der Waals surface area (Å²) in [5.74, 6) is -1.49. The van der Waals surface area contributed by atoms with Crippen LogP contribution in [0.5, 0.6) is 5.75 Å². The van der Waals surface area contributed by atoms with E-state index in [2.05, 4.69) is 4.74 Å². The van der Waals surface area contributed by atoms with Gasteiger partial charge in [0.25, 0.3) is 0 Å². The third-order valence-electron chi connectivity index (χ3n) is 2.74. The lowest BCUT2D eigenvalue weighted by Gasteiger charge is -2.15. The molecule has 110 valence electrons. The number of aliphatic hydroxyl groups excluding tert-OH is 1. The van der Waals surface area contributed by atoms with Crippen molar-refractivity contribution in [3.8, 4) is 5.75 Å². The molecule has 0 saturated heterocycles. The number of carbonyl (C=O) groups excluding carboxylic acids is 1. The number of carbonyl (C=O) groups is 1. The molecule has 0 amide bonds. The van der Waals surface area contributed by atoms with Crippen LogP contribution in [-0.2, 0) is 0 Å². The molecule has 0 aliphatic carbocycles. The van der Waals surface area contributed by atoms with Crippen LogP contribution in [0.1, 0.15) is 22.0 Å². The summed E-state index contributed by atoms with van der Waals surface area (Å²) < 4.78 is 40.7. The van der Waals surface area contributed by atoms with Crippen molar-refractivity contribution in [2.75, 3.05) is 0 Å². The summed E-state index contributed by atoms with van der Waals surface area (Å²) in [4.78, 5) is 12.2. The Bertz CT molecular complexity index is 624. The van der Waals surface area contributed by atoms with Crippen LogP contribution in [0, 0.1) is 0 Å². The van der Waals surface area contributed by atoms with Crippen LogP contribution < -0.4 is 4.74 Å². The van der Waals surface area contributed by atoms with E-state index in [0.29, 0.717) is 5.56 Å². The maximum atomic E-state index is 12.3. The molecule has 0 spiro atoms. The van der Waals surface area contributed by atoms with Crippen molar-refractivity contribution in [2.45, 2.75) is 12.5 Å². The zero-order valence-corrected chi connectivity index (χ0v) is 10.7. The van der Waals surface area contributed by atoms with Crippen LogP contribution >= 0.6 is 0 Å². The largest absolute Gasteiger partial charge is 0.573 e. The highest BCUT2D eigenvalue weighted by Crippen LogP contribution is 2.29. The molecule has 3 nitrogen and oxygen atoms in total. The van der Waals surface area contributed by atoms with Crippen molar-refractivity contribution in [2.24, 2.45) is 0 Å². The number of Topliss-reactive ketones (excluding diaryl/α,β-unsaturated/α-hetero) is 1. The van der Waals surface area contributed by atoms with Crippen molar-refractivity contribution in [1.29, 1.82) is 0 Å².